The van der Waals surface area contributed by atoms with Gasteiger partial charge in [0.15, 0.2) is 6.79 Å². The molecule has 2 aliphatic rings. The summed E-state index contributed by atoms with van der Waals surface area (Å²) >= 11 is 0. The zero-order valence-corrected chi connectivity index (χ0v) is 25.6. The monoisotopic (exact) mass is 597 g/mol. The number of piperidine rings is 1. The summed E-state index contributed by atoms with van der Waals surface area (Å²) in [7, 11) is 1.54. The maximum absolute atomic E-state index is 13.2. The summed E-state index contributed by atoms with van der Waals surface area (Å²) in [6, 6.07) is 8.42. The third-order valence-electron chi connectivity index (χ3n) is 7.55. The van der Waals surface area contributed by atoms with Crippen molar-refractivity contribution in [1.29, 1.82) is 0 Å². The molecule has 1 aromatic heterocycles. The number of aliphatic hydroxyl groups excluding tert-OH is 1. The molecule has 3 amide bonds. The number of benzene rings is 1. The van der Waals surface area contributed by atoms with Crippen LogP contribution >= 0.6 is 0 Å². The van der Waals surface area contributed by atoms with E-state index in [0.717, 1.165) is 24.0 Å². The highest BCUT2D eigenvalue weighted by Gasteiger charge is 2.37. The number of aromatic nitrogens is 1. The third kappa shape index (κ3) is 8.80. The van der Waals surface area contributed by atoms with E-state index in [4.69, 9.17) is 14.2 Å². The summed E-state index contributed by atoms with van der Waals surface area (Å²) in [5.74, 6) is 0.897. The van der Waals surface area contributed by atoms with Gasteiger partial charge in [-0.05, 0) is 75.4 Å². The maximum atomic E-state index is 13.2. The van der Waals surface area contributed by atoms with Gasteiger partial charge in [0.25, 0.3) is 5.91 Å². The lowest BCUT2D eigenvalue weighted by Gasteiger charge is -2.40. The Balaban J connectivity index is 1.40. The Morgan fingerprint density at radius 2 is 1.86 bits per heavy atom. The quantitative estimate of drug-likeness (QED) is 0.372. The number of ether oxygens (including phenoxy) is 3. The van der Waals surface area contributed by atoms with Gasteiger partial charge in [0, 0.05) is 58.0 Å². The van der Waals surface area contributed by atoms with Gasteiger partial charge in [-0.25, -0.2) is 9.78 Å². The van der Waals surface area contributed by atoms with E-state index < -0.39 is 23.8 Å². The number of likely N-dealkylation sites (tertiary alicyclic amines) is 1. The van der Waals surface area contributed by atoms with Crippen molar-refractivity contribution < 1.29 is 33.7 Å². The summed E-state index contributed by atoms with van der Waals surface area (Å²) < 4.78 is 16.2. The molecular formula is C31H43N5O7. The maximum Gasteiger partial charge on any atom is 0.410 e. The Labute approximate surface area is 252 Å². The molecule has 4 rings (SSSR count). The van der Waals surface area contributed by atoms with Crippen LogP contribution in [0.4, 0.5) is 10.6 Å². The van der Waals surface area contributed by atoms with Gasteiger partial charge in [0.1, 0.15) is 17.2 Å². The van der Waals surface area contributed by atoms with E-state index in [2.05, 4.69) is 15.6 Å². The normalized spacial score (nSPS) is 18.0. The summed E-state index contributed by atoms with van der Waals surface area (Å²) in [5.41, 5.74) is 1.53. The SMILES string of the molecule is COCOc1ccc2c(c1)CN(C(=O)OC(C)(C)C)[C@H]([C@H](O)CNC(=O)c1ccnc(NC3CCN(C(C)=O)CC3)c1)C2. The predicted molar refractivity (Wildman–Crippen MR) is 160 cm³/mol. The van der Waals surface area contributed by atoms with Gasteiger partial charge in [-0.2, -0.15) is 0 Å². The number of methoxy groups -OCH3 is 1. The molecule has 0 unspecified atom stereocenters. The molecule has 3 heterocycles. The van der Waals surface area contributed by atoms with Crippen molar-refractivity contribution in [1.82, 2.24) is 20.1 Å². The summed E-state index contributed by atoms with van der Waals surface area (Å²) in [6.45, 7) is 8.56. The lowest BCUT2D eigenvalue weighted by Crippen LogP contribution is -2.54. The topological polar surface area (TPSA) is 143 Å². The van der Waals surface area contributed by atoms with Crippen molar-refractivity contribution in [2.24, 2.45) is 0 Å². The minimum absolute atomic E-state index is 0.0677. The van der Waals surface area contributed by atoms with Crippen LogP contribution in [0.1, 0.15) is 62.0 Å². The molecule has 0 aliphatic carbocycles. The molecule has 1 fully saturated rings. The number of anilines is 1. The highest BCUT2D eigenvalue weighted by molar-refractivity contribution is 5.94. The number of aliphatic hydroxyl groups is 1. The number of carbonyl (C=O) groups is 3. The van der Waals surface area contributed by atoms with Gasteiger partial charge in [-0.1, -0.05) is 6.07 Å². The van der Waals surface area contributed by atoms with E-state index in [-0.39, 0.29) is 37.7 Å². The molecule has 2 aromatic rings. The summed E-state index contributed by atoms with van der Waals surface area (Å²) in [6.07, 6.45) is 1.93. The number of hydrogen-bond acceptors (Lipinski definition) is 9. The molecule has 0 radical (unpaired) electrons. The number of pyridine rings is 1. The minimum Gasteiger partial charge on any atom is -0.468 e. The van der Waals surface area contributed by atoms with Crippen LogP contribution in [-0.2, 0) is 27.2 Å². The van der Waals surface area contributed by atoms with Crippen molar-refractivity contribution in [2.75, 3.05) is 38.9 Å². The number of nitrogens with zero attached hydrogens (tertiary/aromatic N) is 3. The van der Waals surface area contributed by atoms with Crippen molar-refractivity contribution >= 4 is 23.7 Å². The van der Waals surface area contributed by atoms with Crippen LogP contribution in [-0.4, -0.2) is 95.1 Å². The zero-order chi connectivity index (χ0) is 31.1. The molecule has 12 heteroatoms. The fourth-order valence-electron chi connectivity index (χ4n) is 5.30. The molecule has 2 aliphatic heterocycles. The Morgan fingerprint density at radius 3 is 2.53 bits per heavy atom. The van der Waals surface area contributed by atoms with Crippen LogP contribution in [0.25, 0.3) is 0 Å². The van der Waals surface area contributed by atoms with E-state index in [0.29, 0.717) is 36.6 Å². The molecule has 234 valence electrons. The standard InChI is InChI=1S/C31H43N5O7/c1-20(37)35-12-9-24(10-13-35)34-28-16-22(8-11-32-28)29(39)33-17-27(38)26-15-21-6-7-25(42-19-41-5)14-23(21)18-36(26)30(40)43-31(2,3)4/h6-8,11,14,16,24,26-27,38H,9-10,12-13,15,17-19H2,1-5H3,(H,32,34)(H,33,39)/t26-,27+/m0/s1. The fraction of sp³-hybridized carbons (Fsp3) is 0.548. The van der Waals surface area contributed by atoms with E-state index in [1.807, 2.05) is 23.1 Å². The Hall–Kier alpha value is -3.90. The Morgan fingerprint density at radius 1 is 1.12 bits per heavy atom. The highest BCUT2D eigenvalue weighted by atomic mass is 16.7. The largest absolute Gasteiger partial charge is 0.468 e. The second-order valence-electron chi connectivity index (χ2n) is 12.0. The smallest absolute Gasteiger partial charge is 0.410 e. The summed E-state index contributed by atoms with van der Waals surface area (Å²) in [5, 5.41) is 17.4. The van der Waals surface area contributed by atoms with Crippen LogP contribution in [0.5, 0.6) is 5.75 Å². The highest BCUT2D eigenvalue weighted by Crippen LogP contribution is 2.30. The minimum atomic E-state index is -1.06. The van der Waals surface area contributed by atoms with Gasteiger partial charge in [-0.3, -0.25) is 14.5 Å². The van der Waals surface area contributed by atoms with E-state index >= 15 is 0 Å². The van der Waals surface area contributed by atoms with E-state index in [1.54, 1.807) is 53.1 Å². The van der Waals surface area contributed by atoms with Gasteiger partial charge in [0.05, 0.1) is 12.1 Å². The number of rotatable bonds is 9. The molecular weight excluding hydrogens is 554 g/mol. The van der Waals surface area contributed by atoms with Crippen LogP contribution in [0.3, 0.4) is 0 Å². The molecule has 43 heavy (non-hydrogen) atoms. The van der Waals surface area contributed by atoms with E-state index in [9.17, 15) is 19.5 Å². The van der Waals surface area contributed by atoms with Gasteiger partial charge >= 0.3 is 6.09 Å². The lowest BCUT2D eigenvalue weighted by atomic mass is 9.91. The zero-order valence-electron chi connectivity index (χ0n) is 25.6. The van der Waals surface area contributed by atoms with Crippen LogP contribution < -0.4 is 15.4 Å². The molecule has 12 nitrogen and oxygen atoms in total. The van der Waals surface area contributed by atoms with E-state index in [1.165, 1.54) is 4.90 Å². The lowest BCUT2D eigenvalue weighted by molar-refractivity contribution is -0.129. The molecule has 0 spiro atoms. The first kappa shape index (κ1) is 32.0. The number of hydrogen-bond donors (Lipinski definition) is 3. The van der Waals surface area contributed by atoms with Gasteiger partial charge in [0.2, 0.25) is 5.91 Å². The Bertz CT molecular complexity index is 1290. The number of carbonyl (C=O) groups excluding carboxylic acids is 3. The summed E-state index contributed by atoms with van der Waals surface area (Å²) in [4.78, 5) is 45.6. The van der Waals surface area contributed by atoms with Crippen LogP contribution in [0.15, 0.2) is 36.5 Å². The first-order valence-electron chi connectivity index (χ1n) is 14.6. The van der Waals surface area contributed by atoms with Crippen molar-refractivity contribution in [3.63, 3.8) is 0 Å². The van der Waals surface area contributed by atoms with Crippen molar-refractivity contribution in [3.05, 3.63) is 53.2 Å². The molecule has 0 saturated carbocycles. The van der Waals surface area contributed by atoms with Gasteiger partial charge in [-0.15, -0.1) is 0 Å². The molecule has 1 saturated heterocycles. The molecule has 1 aromatic carbocycles. The molecule has 3 N–H and O–H groups in total. The average Bonchev–Trinajstić information content (AvgIpc) is 2.97. The van der Waals surface area contributed by atoms with Crippen molar-refractivity contribution in [3.8, 4) is 5.75 Å². The van der Waals surface area contributed by atoms with Gasteiger partial charge < -0.3 is 34.9 Å². The number of nitrogens with one attached hydrogen (secondary N) is 2. The fourth-order valence-corrected chi connectivity index (χ4v) is 5.30. The molecule has 2 atom stereocenters. The Kier molecular flexibility index (Phi) is 10.5. The van der Waals surface area contributed by atoms with Crippen LogP contribution in [0.2, 0.25) is 0 Å². The molecule has 0 bridgehead atoms. The van der Waals surface area contributed by atoms with Crippen molar-refractivity contribution in [2.45, 2.75) is 77.3 Å². The predicted octanol–water partition coefficient (Wildman–Crippen LogP) is 2.94. The number of fused-ring (bicyclic) bond motifs is 1. The van der Waals surface area contributed by atoms with Crippen LogP contribution in [0, 0.1) is 0 Å². The average molecular weight is 598 g/mol. The number of amides is 3. The third-order valence-corrected chi connectivity index (χ3v) is 7.55. The first-order chi connectivity index (χ1) is 20.4. The first-order valence-corrected chi connectivity index (χ1v) is 14.6. The second kappa shape index (κ2) is 14.0. The second-order valence-corrected chi connectivity index (χ2v) is 12.0.